The van der Waals surface area contributed by atoms with Crippen LogP contribution in [0.2, 0.25) is 0 Å². The Bertz CT molecular complexity index is 2220. The molecule has 5 N–H and O–H groups in total. The average molecular weight is 795 g/mol. The minimum absolute atomic E-state index is 0.0617. The van der Waals surface area contributed by atoms with Gasteiger partial charge in [-0.3, -0.25) is 48.7 Å². The number of H-pyrrole nitrogens is 1. The molecular weight excluding hydrogens is 748 g/mol. The quantitative estimate of drug-likeness (QED) is 0.0922. The molecule has 7 rings (SSSR count). The van der Waals surface area contributed by atoms with Gasteiger partial charge >= 0.3 is 0 Å². The summed E-state index contributed by atoms with van der Waals surface area (Å²) in [7, 11) is 0. The predicted octanol–water partition coefficient (Wildman–Crippen LogP) is 3.60. The first-order chi connectivity index (χ1) is 27.9. The first-order valence-corrected chi connectivity index (χ1v) is 19.8. The standard InChI is InChI=1S/C42H47FN8O7/c1-24-32(23-29-28-22-26(43)11-12-30(28)47-38(29)54)46-25(2)36(24)40(56)45-16-17-49-18-20-50(21-19-49)35(53)10-5-3-4-6-15-44-31-9-7-8-27-37(31)42(58)51(41(27)57)33-13-14-34(52)48-39(33)55/h7-9,11-12,22-23,33,44,46H,3-6,10,13-21H2,1-2H3,(H,45,56)(H,47,54)(H,48,52,55)/b29-23-. The van der Waals surface area contributed by atoms with E-state index in [1.807, 2.05) is 11.8 Å². The van der Waals surface area contributed by atoms with E-state index in [2.05, 4.69) is 31.2 Å². The van der Waals surface area contributed by atoms with Crippen LogP contribution in [0, 0.1) is 19.7 Å². The minimum Gasteiger partial charge on any atom is -0.384 e. The molecule has 1 aromatic heterocycles. The van der Waals surface area contributed by atoms with Crippen LogP contribution in [-0.2, 0) is 19.2 Å². The molecule has 1 atom stereocenters. The molecule has 2 saturated heterocycles. The Morgan fingerprint density at radius 1 is 0.897 bits per heavy atom. The van der Waals surface area contributed by atoms with Gasteiger partial charge in [-0.1, -0.05) is 18.9 Å². The highest BCUT2D eigenvalue weighted by Gasteiger charge is 2.45. The van der Waals surface area contributed by atoms with Crippen molar-refractivity contribution in [3.8, 4) is 0 Å². The summed E-state index contributed by atoms with van der Waals surface area (Å²) in [5, 5.41) is 11.2. The number of unbranched alkanes of at least 4 members (excludes halogenated alkanes) is 3. The van der Waals surface area contributed by atoms with Crippen molar-refractivity contribution in [1.29, 1.82) is 0 Å². The molecule has 1 unspecified atom stereocenters. The van der Waals surface area contributed by atoms with Crippen molar-refractivity contribution in [2.75, 3.05) is 56.4 Å². The largest absolute Gasteiger partial charge is 0.384 e. The summed E-state index contributed by atoms with van der Waals surface area (Å²) >= 11 is 0. The maximum absolute atomic E-state index is 13.9. The Balaban J connectivity index is 0.785. The lowest BCUT2D eigenvalue weighted by Gasteiger charge is -2.34. The van der Waals surface area contributed by atoms with Gasteiger partial charge in [-0.2, -0.15) is 0 Å². The molecular formula is C42H47FN8O7. The van der Waals surface area contributed by atoms with Crippen molar-refractivity contribution in [2.24, 2.45) is 0 Å². The minimum atomic E-state index is -1.01. The Kier molecular flexibility index (Phi) is 11.8. The molecule has 2 fully saturated rings. The van der Waals surface area contributed by atoms with Crippen LogP contribution < -0.4 is 21.3 Å². The van der Waals surface area contributed by atoms with Gasteiger partial charge in [-0.15, -0.1) is 0 Å². The van der Waals surface area contributed by atoms with Gasteiger partial charge < -0.3 is 25.8 Å². The summed E-state index contributed by atoms with van der Waals surface area (Å²) in [6.07, 6.45) is 5.57. The number of piperidine rings is 1. The maximum Gasteiger partial charge on any atom is 0.264 e. The molecule has 7 amide bonds. The fraction of sp³-hybridized carbons (Fsp3) is 0.405. The van der Waals surface area contributed by atoms with E-state index in [-0.39, 0.29) is 41.7 Å². The number of hydrogen-bond donors (Lipinski definition) is 5. The number of hydrogen-bond acceptors (Lipinski definition) is 9. The molecule has 58 heavy (non-hydrogen) atoms. The summed E-state index contributed by atoms with van der Waals surface area (Å²) < 4.78 is 13.9. The van der Waals surface area contributed by atoms with E-state index in [0.29, 0.717) is 97.3 Å². The lowest BCUT2D eigenvalue weighted by Crippen LogP contribution is -2.54. The van der Waals surface area contributed by atoms with Crippen LogP contribution in [-0.4, -0.2) is 113 Å². The maximum atomic E-state index is 13.9. The van der Waals surface area contributed by atoms with E-state index in [9.17, 15) is 38.0 Å². The summed E-state index contributed by atoms with van der Waals surface area (Å²) in [5.74, 6) is -3.02. The smallest absolute Gasteiger partial charge is 0.264 e. The van der Waals surface area contributed by atoms with Crippen LogP contribution in [0.3, 0.4) is 0 Å². The molecule has 0 spiro atoms. The summed E-state index contributed by atoms with van der Waals surface area (Å²) in [5.41, 5.74) is 4.81. The Morgan fingerprint density at radius 2 is 1.67 bits per heavy atom. The Hall–Kier alpha value is -6.16. The van der Waals surface area contributed by atoms with Gasteiger partial charge in [0.15, 0.2) is 0 Å². The zero-order valence-electron chi connectivity index (χ0n) is 32.6. The fourth-order valence-electron chi connectivity index (χ4n) is 8.14. The molecule has 4 aliphatic rings. The van der Waals surface area contributed by atoms with E-state index in [4.69, 9.17) is 0 Å². The highest BCUT2D eigenvalue weighted by atomic mass is 19.1. The van der Waals surface area contributed by atoms with Crippen LogP contribution in [0.15, 0.2) is 36.4 Å². The summed E-state index contributed by atoms with van der Waals surface area (Å²) in [6, 6.07) is 8.11. The zero-order valence-corrected chi connectivity index (χ0v) is 32.6. The molecule has 15 nitrogen and oxygen atoms in total. The van der Waals surface area contributed by atoms with Crippen molar-refractivity contribution in [1.82, 2.24) is 30.3 Å². The first kappa shape index (κ1) is 40.1. The van der Waals surface area contributed by atoms with E-state index in [1.165, 1.54) is 18.2 Å². The van der Waals surface area contributed by atoms with Crippen LogP contribution in [0.25, 0.3) is 11.6 Å². The van der Waals surface area contributed by atoms with Gasteiger partial charge in [0, 0.05) is 87.0 Å². The number of carbonyl (C=O) groups is 7. The summed E-state index contributed by atoms with van der Waals surface area (Å²) in [4.78, 5) is 97.3. The second kappa shape index (κ2) is 17.1. The second-order valence-electron chi connectivity index (χ2n) is 15.1. The van der Waals surface area contributed by atoms with Gasteiger partial charge in [0.05, 0.1) is 22.3 Å². The average Bonchev–Trinajstić information content (AvgIpc) is 3.76. The fourth-order valence-corrected chi connectivity index (χ4v) is 8.14. The Morgan fingerprint density at radius 3 is 2.45 bits per heavy atom. The van der Waals surface area contributed by atoms with Crippen LogP contribution in [0.4, 0.5) is 15.8 Å². The second-order valence-corrected chi connectivity index (χ2v) is 15.1. The van der Waals surface area contributed by atoms with E-state index in [0.717, 1.165) is 30.6 Å². The monoisotopic (exact) mass is 794 g/mol. The molecule has 4 aliphatic heterocycles. The number of halogens is 1. The topological polar surface area (TPSA) is 193 Å². The molecule has 0 saturated carbocycles. The molecule has 5 heterocycles. The third-order valence-electron chi connectivity index (χ3n) is 11.3. The number of anilines is 2. The number of imide groups is 2. The first-order valence-electron chi connectivity index (χ1n) is 19.8. The highest BCUT2D eigenvalue weighted by Crippen LogP contribution is 2.35. The van der Waals surface area contributed by atoms with Crippen LogP contribution in [0.1, 0.15) is 98.5 Å². The number of aromatic nitrogens is 1. The molecule has 16 heteroatoms. The predicted molar refractivity (Wildman–Crippen MR) is 213 cm³/mol. The SMILES string of the molecule is Cc1[nH]c(/C=C2\C(=O)Nc3ccc(F)cc32)c(C)c1C(=O)NCCN1CCN(C(=O)CCCCCCNc2cccc3c2C(=O)N(C2CCC(=O)NC2=O)C3=O)CC1. The highest BCUT2D eigenvalue weighted by molar-refractivity contribution is 6.35. The zero-order chi connectivity index (χ0) is 41.1. The number of nitrogens with one attached hydrogen (secondary N) is 5. The van der Waals surface area contributed by atoms with Crippen molar-refractivity contribution < 1.29 is 38.0 Å². The lowest BCUT2D eigenvalue weighted by molar-refractivity contribution is -0.136. The van der Waals surface area contributed by atoms with Crippen LogP contribution >= 0.6 is 0 Å². The number of benzene rings is 2. The summed E-state index contributed by atoms with van der Waals surface area (Å²) in [6.45, 7) is 7.90. The lowest BCUT2D eigenvalue weighted by atomic mass is 10.0. The number of carbonyl (C=O) groups excluding carboxylic acids is 7. The molecule has 304 valence electrons. The number of aromatic amines is 1. The Labute approximate surface area is 334 Å². The molecule has 2 aromatic carbocycles. The number of fused-ring (bicyclic) bond motifs is 2. The number of aryl methyl sites for hydroxylation is 1. The van der Waals surface area contributed by atoms with Gasteiger partial charge in [-0.25, -0.2) is 4.39 Å². The van der Waals surface area contributed by atoms with Crippen molar-refractivity contribution >= 4 is 64.4 Å². The third kappa shape index (κ3) is 8.28. The molecule has 3 aromatic rings. The van der Waals surface area contributed by atoms with Gasteiger partial charge in [-0.05, 0) is 75.1 Å². The molecule has 0 bridgehead atoms. The van der Waals surface area contributed by atoms with Crippen molar-refractivity contribution in [3.05, 3.63) is 81.4 Å². The number of piperazine rings is 1. The molecule has 0 aliphatic carbocycles. The number of rotatable bonds is 14. The number of amides is 7. The third-order valence-corrected chi connectivity index (χ3v) is 11.3. The normalized spacial score (nSPS) is 18.7. The van der Waals surface area contributed by atoms with Gasteiger partial charge in [0.2, 0.25) is 17.7 Å². The van der Waals surface area contributed by atoms with Crippen LogP contribution in [0.5, 0.6) is 0 Å². The van der Waals surface area contributed by atoms with Gasteiger partial charge in [0.25, 0.3) is 23.6 Å². The van der Waals surface area contributed by atoms with E-state index in [1.54, 1.807) is 31.2 Å². The molecule has 0 radical (unpaired) electrons. The van der Waals surface area contributed by atoms with Crippen molar-refractivity contribution in [2.45, 2.75) is 64.8 Å². The van der Waals surface area contributed by atoms with E-state index >= 15 is 0 Å². The van der Waals surface area contributed by atoms with Gasteiger partial charge in [0.1, 0.15) is 11.9 Å². The van der Waals surface area contributed by atoms with Crippen molar-refractivity contribution in [3.63, 3.8) is 0 Å². The number of nitrogens with zero attached hydrogens (tertiary/aromatic N) is 3. The van der Waals surface area contributed by atoms with E-state index < -0.39 is 35.5 Å².